The molecular weight excluding hydrogens is 407 g/mol. The highest BCUT2D eigenvalue weighted by Gasteiger charge is 2.34. The number of aryl methyl sites for hydroxylation is 1. The van der Waals surface area contributed by atoms with Gasteiger partial charge >= 0.3 is 0 Å². The van der Waals surface area contributed by atoms with Crippen molar-refractivity contribution in [2.45, 2.75) is 43.4 Å². The number of benzene rings is 1. The first-order valence-corrected chi connectivity index (χ1v) is 11.5. The molecule has 1 unspecified atom stereocenters. The summed E-state index contributed by atoms with van der Waals surface area (Å²) in [7, 11) is -3.90. The number of hydrogen-bond acceptors (Lipinski definition) is 5. The van der Waals surface area contributed by atoms with Crippen LogP contribution in [0.15, 0.2) is 35.6 Å². The SMILES string of the molecule is Cc1cc2ncnn2cc1C1CCN(S(=O)(=O)c2cc3c(cc2F)OCC3C)CC1. The van der Waals surface area contributed by atoms with Gasteiger partial charge in [-0.2, -0.15) is 9.40 Å². The Balaban J connectivity index is 1.38. The van der Waals surface area contributed by atoms with Crippen molar-refractivity contribution in [3.63, 3.8) is 0 Å². The molecule has 30 heavy (non-hydrogen) atoms. The molecule has 9 heteroatoms. The number of sulfonamides is 1. The fourth-order valence-electron chi connectivity index (χ4n) is 4.51. The molecule has 0 aliphatic carbocycles. The number of ether oxygens (including phenoxy) is 1. The molecule has 2 aromatic heterocycles. The van der Waals surface area contributed by atoms with Crippen LogP contribution in [-0.4, -0.2) is 47.0 Å². The van der Waals surface area contributed by atoms with E-state index in [1.807, 2.05) is 26.1 Å². The van der Waals surface area contributed by atoms with Gasteiger partial charge in [0.05, 0.1) is 6.61 Å². The molecule has 0 N–H and O–H groups in total. The maximum Gasteiger partial charge on any atom is 0.245 e. The number of fused-ring (bicyclic) bond motifs is 2. The van der Waals surface area contributed by atoms with E-state index >= 15 is 0 Å². The van der Waals surface area contributed by atoms with Gasteiger partial charge in [-0.15, -0.1) is 0 Å². The van der Waals surface area contributed by atoms with E-state index < -0.39 is 15.8 Å². The number of rotatable bonds is 3. The van der Waals surface area contributed by atoms with Gasteiger partial charge in [0, 0.05) is 36.8 Å². The van der Waals surface area contributed by atoms with Gasteiger partial charge in [-0.3, -0.25) is 0 Å². The minimum Gasteiger partial charge on any atom is -0.493 e. The van der Waals surface area contributed by atoms with Crippen molar-refractivity contribution in [1.29, 1.82) is 0 Å². The molecule has 0 saturated carbocycles. The average molecular weight is 431 g/mol. The predicted molar refractivity (Wildman–Crippen MR) is 109 cm³/mol. The van der Waals surface area contributed by atoms with Gasteiger partial charge < -0.3 is 4.74 Å². The number of pyridine rings is 1. The molecule has 2 aliphatic rings. The van der Waals surface area contributed by atoms with Crippen LogP contribution in [0.25, 0.3) is 5.65 Å². The van der Waals surface area contributed by atoms with Crippen LogP contribution >= 0.6 is 0 Å². The maximum atomic E-state index is 14.6. The van der Waals surface area contributed by atoms with E-state index in [-0.39, 0.29) is 16.7 Å². The Morgan fingerprint density at radius 1 is 1.17 bits per heavy atom. The standard InChI is InChI=1S/C21H23FN4O3S/c1-13-7-21-23-12-24-26(21)10-17(13)15-3-5-25(6-4-15)30(27,28)20-8-16-14(2)11-29-19(16)9-18(20)22/h7-10,12,14-15H,3-6,11H2,1-2H3. The third kappa shape index (κ3) is 3.07. The third-order valence-electron chi connectivity index (χ3n) is 6.26. The Kier molecular flexibility index (Phi) is 4.55. The fourth-order valence-corrected chi connectivity index (χ4v) is 6.06. The van der Waals surface area contributed by atoms with Crippen LogP contribution in [0.1, 0.15) is 48.3 Å². The number of piperidine rings is 1. The molecule has 2 aliphatic heterocycles. The summed E-state index contributed by atoms with van der Waals surface area (Å²) in [6.07, 6.45) is 4.84. The van der Waals surface area contributed by atoms with Crippen LogP contribution in [0, 0.1) is 12.7 Å². The predicted octanol–water partition coefficient (Wildman–Crippen LogP) is 3.24. The molecule has 3 aromatic rings. The van der Waals surface area contributed by atoms with Gasteiger partial charge in [0.15, 0.2) is 5.65 Å². The van der Waals surface area contributed by atoms with E-state index in [2.05, 4.69) is 10.1 Å². The van der Waals surface area contributed by atoms with E-state index in [1.165, 1.54) is 22.8 Å². The van der Waals surface area contributed by atoms with Crippen molar-refractivity contribution in [3.05, 3.63) is 53.2 Å². The molecule has 158 valence electrons. The minimum absolute atomic E-state index is 0.0509. The molecule has 1 saturated heterocycles. The summed E-state index contributed by atoms with van der Waals surface area (Å²) in [5, 5.41) is 4.20. The highest BCUT2D eigenvalue weighted by atomic mass is 32.2. The molecule has 1 atom stereocenters. The Hall–Kier alpha value is -2.52. The van der Waals surface area contributed by atoms with Gasteiger partial charge in [-0.1, -0.05) is 6.92 Å². The van der Waals surface area contributed by atoms with Crippen molar-refractivity contribution >= 4 is 15.7 Å². The zero-order chi connectivity index (χ0) is 21.0. The van der Waals surface area contributed by atoms with E-state index in [1.54, 1.807) is 4.52 Å². The lowest BCUT2D eigenvalue weighted by atomic mass is 9.89. The van der Waals surface area contributed by atoms with Crippen LogP contribution in [-0.2, 0) is 10.0 Å². The smallest absolute Gasteiger partial charge is 0.245 e. The number of halogens is 1. The van der Waals surface area contributed by atoms with Crippen LogP contribution < -0.4 is 4.74 Å². The molecule has 0 radical (unpaired) electrons. The summed E-state index contributed by atoms with van der Waals surface area (Å²) >= 11 is 0. The summed E-state index contributed by atoms with van der Waals surface area (Å²) in [6, 6.07) is 4.65. The van der Waals surface area contributed by atoms with Crippen LogP contribution in [0.5, 0.6) is 5.75 Å². The molecule has 5 rings (SSSR count). The molecule has 0 amide bonds. The second kappa shape index (κ2) is 7.02. The zero-order valence-corrected chi connectivity index (χ0v) is 17.7. The Labute approximate surface area is 174 Å². The minimum atomic E-state index is -3.90. The topological polar surface area (TPSA) is 76.8 Å². The molecule has 7 nitrogen and oxygen atoms in total. The van der Waals surface area contributed by atoms with Crippen molar-refractivity contribution < 1.29 is 17.5 Å². The quantitative estimate of drug-likeness (QED) is 0.638. The maximum absolute atomic E-state index is 14.6. The van der Waals surface area contributed by atoms with Gasteiger partial charge in [0.25, 0.3) is 0 Å². The van der Waals surface area contributed by atoms with Crippen molar-refractivity contribution in [2.24, 2.45) is 0 Å². The normalized spacial score (nSPS) is 20.4. The average Bonchev–Trinajstić information content (AvgIpc) is 3.32. The molecule has 0 spiro atoms. The largest absolute Gasteiger partial charge is 0.493 e. The monoisotopic (exact) mass is 430 g/mol. The number of hydrogen-bond donors (Lipinski definition) is 0. The first kappa shape index (κ1) is 19.4. The Morgan fingerprint density at radius 2 is 1.93 bits per heavy atom. The van der Waals surface area contributed by atoms with Gasteiger partial charge in [0.1, 0.15) is 22.8 Å². The molecule has 0 bridgehead atoms. The summed E-state index contributed by atoms with van der Waals surface area (Å²) in [5.74, 6) is -0.0348. The van der Waals surface area contributed by atoms with Crippen molar-refractivity contribution in [1.82, 2.24) is 18.9 Å². The number of aromatic nitrogens is 3. The van der Waals surface area contributed by atoms with Gasteiger partial charge in [0.2, 0.25) is 10.0 Å². The lowest BCUT2D eigenvalue weighted by Gasteiger charge is -2.32. The second-order valence-corrected chi connectivity index (χ2v) is 10.1. The Bertz CT molecular complexity index is 1230. The Morgan fingerprint density at radius 3 is 2.70 bits per heavy atom. The van der Waals surface area contributed by atoms with E-state index in [0.717, 1.165) is 22.3 Å². The van der Waals surface area contributed by atoms with Crippen molar-refractivity contribution in [2.75, 3.05) is 19.7 Å². The molecule has 4 heterocycles. The van der Waals surface area contributed by atoms with Crippen LogP contribution in [0.4, 0.5) is 4.39 Å². The fraction of sp³-hybridized carbons (Fsp3) is 0.429. The zero-order valence-electron chi connectivity index (χ0n) is 16.9. The van der Waals surface area contributed by atoms with Crippen LogP contribution in [0.2, 0.25) is 0 Å². The lowest BCUT2D eigenvalue weighted by molar-refractivity contribution is 0.317. The summed E-state index contributed by atoms with van der Waals surface area (Å²) in [6.45, 7) is 5.13. The number of nitrogens with zero attached hydrogens (tertiary/aromatic N) is 4. The molecular formula is C21H23FN4O3S. The molecule has 1 fully saturated rings. The van der Waals surface area contributed by atoms with Crippen LogP contribution in [0.3, 0.4) is 0 Å². The summed E-state index contributed by atoms with van der Waals surface area (Å²) in [5.41, 5.74) is 3.82. The second-order valence-electron chi connectivity index (χ2n) is 8.19. The third-order valence-corrected chi connectivity index (χ3v) is 8.17. The first-order valence-electron chi connectivity index (χ1n) is 10.1. The van der Waals surface area contributed by atoms with Gasteiger partial charge in [-0.25, -0.2) is 22.3 Å². The van der Waals surface area contributed by atoms with E-state index in [0.29, 0.717) is 38.3 Å². The first-order chi connectivity index (χ1) is 14.3. The highest BCUT2D eigenvalue weighted by Crippen LogP contribution is 2.38. The van der Waals surface area contributed by atoms with E-state index in [9.17, 15) is 12.8 Å². The van der Waals surface area contributed by atoms with Gasteiger partial charge in [-0.05, 0) is 48.9 Å². The summed E-state index contributed by atoms with van der Waals surface area (Å²) < 4.78 is 49.6. The highest BCUT2D eigenvalue weighted by molar-refractivity contribution is 7.89. The van der Waals surface area contributed by atoms with Crippen molar-refractivity contribution in [3.8, 4) is 5.75 Å². The van der Waals surface area contributed by atoms with E-state index in [4.69, 9.17) is 4.74 Å². The lowest BCUT2D eigenvalue weighted by Crippen LogP contribution is -2.38. The molecule has 1 aromatic carbocycles. The summed E-state index contributed by atoms with van der Waals surface area (Å²) in [4.78, 5) is 3.95.